The number of aromatic nitrogens is 1. The van der Waals surface area contributed by atoms with Crippen molar-refractivity contribution in [2.24, 2.45) is 0 Å². The minimum atomic E-state index is -0.173. The van der Waals surface area contributed by atoms with Crippen molar-refractivity contribution >= 4 is 0 Å². The maximum absolute atomic E-state index is 13.6. The number of rotatable bonds is 4. The van der Waals surface area contributed by atoms with Crippen LogP contribution in [0.25, 0.3) is 11.5 Å². The topological polar surface area (TPSA) is 29.3 Å². The number of likely N-dealkylation sites (tertiary alicyclic amines) is 1. The van der Waals surface area contributed by atoms with Gasteiger partial charge in [-0.05, 0) is 56.1 Å². The van der Waals surface area contributed by atoms with E-state index in [9.17, 15) is 4.39 Å². The van der Waals surface area contributed by atoms with E-state index in [2.05, 4.69) is 4.90 Å². The molecule has 1 saturated heterocycles. The molecule has 25 heavy (non-hydrogen) atoms. The van der Waals surface area contributed by atoms with E-state index in [-0.39, 0.29) is 11.9 Å². The molecule has 1 atom stereocenters. The van der Waals surface area contributed by atoms with Crippen molar-refractivity contribution in [3.05, 3.63) is 77.4 Å². The fourth-order valence-electron chi connectivity index (χ4n) is 3.58. The van der Waals surface area contributed by atoms with E-state index in [0.717, 1.165) is 48.5 Å². The third kappa shape index (κ3) is 3.35. The summed E-state index contributed by atoms with van der Waals surface area (Å²) in [7, 11) is 0. The molecule has 0 unspecified atom stereocenters. The van der Waals surface area contributed by atoms with Crippen LogP contribution >= 0.6 is 0 Å². The van der Waals surface area contributed by atoms with Crippen LogP contribution < -0.4 is 0 Å². The molecule has 0 spiro atoms. The zero-order valence-corrected chi connectivity index (χ0v) is 14.3. The van der Waals surface area contributed by atoms with Crippen LogP contribution in [0.5, 0.6) is 0 Å². The zero-order valence-electron chi connectivity index (χ0n) is 14.3. The van der Waals surface area contributed by atoms with E-state index in [1.54, 1.807) is 12.1 Å². The lowest BCUT2D eigenvalue weighted by atomic mass is 10.0. The van der Waals surface area contributed by atoms with Gasteiger partial charge < -0.3 is 4.42 Å². The van der Waals surface area contributed by atoms with Crippen LogP contribution in [0.2, 0.25) is 0 Å². The Morgan fingerprint density at radius 1 is 1.16 bits per heavy atom. The highest BCUT2D eigenvalue weighted by atomic mass is 19.1. The minimum absolute atomic E-state index is 0.173. The van der Waals surface area contributed by atoms with Crippen LogP contribution in [-0.2, 0) is 6.54 Å². The summed E-state index contributed by atoms with van der Waals surface area (Å²) in [5.41, 5.74) is 2.99. The summed E-state index contributed by atoms with van der Waals surface area (Å²) in [6, 6.07) is 17.1. The maximum atomic E-state index is 13.6. The molecule has 3 nitrogen and oxygen atoms in total. The van der Waals surface area contributed by atoms with Crippen LogP contribution in [0.3, 0.4) is 0 Å². The average molecular weight is 336 g/mol. The first-order chi connectivity index (χ1) is 12.2. The Kier molecular flexibility index (Phi) is 4.36. The smallest absolute Gasteiger partial charge is 0.226 e. The molecule has 0 N–H and O–H groups in total. The normalized spacial score (nSPS) is 17.9. The van der Waals surface area contributed by atoms with Gasteiger partial charge in [-0.25, -0.2) is 9.37 Å². The van der Waals surface area contributed by atoms with Gasteiger partial charge in [-0.1, -0.05) is 30.3 Å². The molecule has 1 fully saturated rings. The molecule has 0 bridgehead atoms. The highest BCUT2D eigenvalue weighted by Crippen LogP contribution is 2.34. The van der Waals surface area contributed by atoms with Crippen molar-refractivity contribution in [3.8, 4) is 11.5 Å². The summed E-state index contributed by atoms with van der Waals surface area (Å²) >= 11 is 0. The van der Waals surface area contributed by atoms with Crippen LogP contribution in [0.4, 0.5) is 4.39 Å². The molecule has 4 heteroatoms. The lowest BCUT2D eigenvalue weighted by Gasteiger charge is -2.24. The quantitative estimate of drug-likeness (QED) is 0.662. The molecule has 0 saturated carbocycles. The maximum Gasteiger partial charge on any atom is 0.226 e. The van der Waals surface area contributed by atoms with Gasteiger partial charge in [0, 0.05) is 18.2 Å². The summed E-state index contributed by atoms with van der Waals surface area (Å²) in [6.07, 6.45) is 2.16. The van der Waals surface area contributed by atoms with Crippen molar-refractivity contribution < 1.29 is 8.81 Å². The molecule has 1 aliphatic heterocycles. The third-order valence-electron chi connectivity index (χ3n) is 4.86. The van der Waals surface area contributed by atoms with Crippen molar-refractivity contribution in [2.75, 3.05) is 6.54 Å². The molecule has 3 aromatic rings. The van der Waals surface area contributed by atoms with E-state index < -0.39 is 0 Å². The number of oxazole rings is 1. The van der Waals surface area contributed by atoms with E-state index in [1.807, 2.05) is 43.3 Å². The van der Waals surface area contributed by atoms with Gasteiger partial charge in [-0.3, -0.25) is 4.90 Å². The molecule has 1 aromatic heterocycles. The Hall–Kier alpha value is -2.46. The number of hydrogen-bond acceptors (Lipinski definition) is 3. The van der Waals surface area contributed by atoms with Crippen molar-refractivity contribution in [3.63, 3.8) is 0 Å². The SMILES string of the molecule is Cc1oc(-c2ccccc2)nc1CN1CCC[C@@H]1c1cccc(F)c1. The second-order valence-corrected chi connectivity index (χ2v) is 6.57. The summed E-state index contributed by atoms with van der Waals surface area (Å²) < 4.78 is 19.5. The van der Waals surface area contributed by atoms with Crippen LogP contribution in [0.1, 0.15) is 35.9 Å². The number of aryl methyl sites for hydroxylation is 1. The molecule has 4 rings (SSSR count). The Balaban J connectivity index is 1.56. The molecule has 0 radical (unpaired) electrons. The second-order valence-electron chi connectivity index (χ2n) is 6.57. The van der Waals surface area contributed by atoms with Crippen LogP contribution in [-0.4, -0.2) is 16.4 Å². The molecular weight excluding hydrogens is 315 g/mol. The van der Waals surface area contributed by atoms with Gasteiger partial charge in [0.05, 0.1) is 5.69 Å². The Morgan fingerprint density at radius 3 is 2.80 bits per heavy atom. The molecule has 128 valence electrons. The minimum Gasteiger partial charge on any atom is -0.441 e. The standard InChI is InChI=1S/C21H21FN2O/c1-15-19(23-21(25-15)16-7-3-2-4-8-16)14-24-12-6-11-20(24)17-9-5-10-18(22)13-17/h2-5,7-10,13,20H,6,11-12,14H2,1H3/t20-/m1/s1. The monoisotopic (exact) mass is 336 g/mol. The summed E-state index contributed by atoms with van der Waals surface area (Å²) in [4.78, 5) is 7.08. The Labute approximate surface area is 147 Å². The van der Waals surface area contributed by atoms with E-state index in [0.29, 0.717) is 5.89 Å². The van der Waals surface area contributed by atoms with Crippen molar-refractivity contribution in [1.82, 2.24) is 9.88 Å². The van der Waals surface area contributed by atoms with Crippen molar-refractivity contribution in [2.45, 2.75) is 32.4 Å². The Morgan fingerprint density at radius 2 is 2.00 bits per heavy atom. The van der Waals surface area contributed by atoms with Crippen LogP contribution in [0.15, 0.2) is 59.0 Å². The largest absolute Gasteiger partial charge is 0.441 e. The zero-order chi connectivity index (χ0) is 17.2. The van der Waals surface area contributed by atoms with E-state index in [1.165, 1.54) is 6.07 Å². The molecule has 1 aliphatic rings. The lowest BCUT2D eigenvalue weighted by Crippen LogP contribution is -2.23. The van der Waals surface area contributed by atoms with E-state index in [4.69, 9.17) is 9.40 Å². The number of halogens is 1. The summed E-state index contributed by atoms with van der Waals surface area (Å²) in [5, 5.41) is 0. The van der Waals surface area contributed by atoms with Gasteiger partial charge in [0.15, 0.2) is 0 Å². The predicted molar refractivity (Wildman–Crippen MR) is 95.5 cm³/mol. The molecule has 0 aliphatic carbocycles. The highest BCUT2D eigenvalue weighted by molar-refractivity contribution is 5.53. The second kappa shape index (κ2) is 6.81. The first-order valence-electron chi connectivity index (χ1n) is 8.72. The molecular formula is C21H21FN2O. The average Bonchev–Trinajstić information content (AvgIpc) is 3.23. The van der Waals surface area contributed by atoms with Crippen molar-refractivity contribution in [1.29, 1.82) is 0 Å². The first-order valence-corrected chi connectivity index (χ1v) is 8.72. The van der Waals surface area contributed by atoms with Gasteiger partial charge >= 0.3 is 0 Å². The van der Waals surface area contributed by atoms with E-state index >= 15 is 0 Å². The first kappa shape index (κ1) is 16.0. The van der Waals surface area contributed by atoms with Gasteiger partial charge in [0.2, 0.25) is 5.89 Å². The van der Waals surface area contributed by atoms with Gasteiger partial charge in [-0.2, -0.15) is 0 Å². The lowest BCUT2D eigenvalue weighted by molar-refractivity contribution is 0.244. The molecule has 2 heterocycles. The van der Waals surface area contributed by atoms with Gasteiger partial charge in [0.25, 0.3) is 0 Å². The number of benzene rings is 2. The summed E-state index contributed by atoms with van der Waals surface area (Å²) in [5.74, 6) is 1.34. The fourth-order valence-corrected chi connectivity index (χ4v) is 3.58. The highest BCUT2D eigenvalue weighted by Gasteiger charge is 2.27. The van der Waals surface area contributed by atoms with Gasteiger partial charge in [0.1, 0.15) is 11.6 Å². The third-order valence-corrected chi connectivity index (χ3v) is 4.86. The number of nitrogens with zero attached hydrogens (tertiary/aromatic N) is 2. The van der Waals surface area contributed by atoms with Crippen LogP contribution in [0, 0.1) is 12.7 Å². The summed E-state index contributed by atoms with van der Waals surface area (Å²) in [6.45, 7) is 3.68. The molecule has 0 amide bonds. The fraction of sp³-hybridized carbons (Fsp3) is 0.286. The molecule has 2 aromatic carbocycles. The van der Waals surface area contributed by atoms with Gasteiger partial charge in [-0.15, -0.1) is 0 Å². The Bertz CT molecular complexity index is 859. The number of hydrogen-bond donors (Lipinski definition) is 0. The predicted octanol–water partition coefficient (Wildman–Crippen LogP) is 5.13.